The topological polar surface area (TPSA) is 183 Å². The molecule has 0 aliphatic carbocycles. The molecule has 212 valence electrons. The van der Waals surface area contributed by atoms with Crippen molar-refractivity contribution < 1.29 is 36.1 Å². The Morgan fingerprint density at radius 2 is 1.55 bits per heavy atom. The first kappa shape index (κ1) is 29.3. The number of rotatable bonds is 9. The number of carbonyl (C=O) groups excluding carboxylic acids is 2. The van der Waals surface area contributed by atoms with E-state index in [9.17, 15) is 36.5 Å². The summed E-state index contributed by atoms with van der Waals surface area (Å²) in [4.78, 5) is 38.5. The maximum Gasteiger partial charge on any atom is 0.338 e. The summed E-state index contributed by atoms with van der Waals surface area (Å²) in [6.07, 6.45) is 4.59. The van der Waals surface area contributed by atoms with Crippen LogP contribution in [0.1, 0.15) is 36.0 Å². The molecule has 0 saturated carbocycles. The van der Waals surface area contributed by atoms with Crippen molar-refractivity contribution in [3.8, 4) is 0 Å². The normalized spacial score (nSPS) is 14.7. The molecule has 1 saturated heterocycles. The quantitative estimate of drug-likeness (QED) is 0.215. The fourth-order valence-electron chi connectivity index (χ4n) is 3.87. The predicted molar refractivity (Wildman–Crippen MR) is 143 cm³/mol. The number of nitrogens with zero attached hydrogens (tertiary/aromatic N) is 3. The Labute approximate surface area is 233 Å². The maximum absolute atomic E-state index is 12.9. The van der Waals surface area contributed by atoms with E-state index in [0.29, 0.717) is 24.4 Å². The van der Waals surface area contributed by atoms with Crippen molar-refractivity contribution in [3.63, 3.8) is 0 Å². The number of ether oxygens (including phenoxy) is 1. The van der Waals surface area contributed by atoms with E-state index in [2.05, 4.69) is 10.3 Å². The Balaban J connectivity index is 1.32. The smallest absolute Gasteiger partial charge is 0.338 e. The minimum atomic E-state index is -4.03. The first-order valence-electron chi connectivity index (χ1n) is 12.0. The standard InChI is InChI=1S/C24H24N4O9S3/c29-21(26-24-25-15-22(38-24)39(33,34)19-11-7-18(8-12-19)28(31)32)16-37-23(30)17-5-9-20(10-6-17)40(35,36)27-13-3-1-2-4-14-27/h5-12,15H,1-4,13-14,16H2,(H,25,26,29). The Bertz CT molecular complexity index is 1610. The van der Waals surface area contributed by atoms with Crippen molar-refractivity contribution in [3.05, 3.63) is 70.4 Å². The highest BCUT2D eigenvalue weighted by Crippen LogP contribution is 2.29. The minimum absolute atomic E-state index is 0.0494. The first-order chi connectivity index (χ1) is 19.0. The monoisotopic (exact) mass is 608 g/mol. The van der Waals surface area contributed by atoms with Gasteiger partial charge in [-0.15, -0.1) is 0 Å². The van der Waals surface area contributed by atoms with Gasteiger partial charge in [-0.05, 0) is 49.2 Å². The average Bonchev–Trinajstić information content (AvgIpc) is 3.23. The highest BCUT2D eigenvalue weighted by molar-refractivity contribution is 7.93. The number of sulfonamides is 1. The van der Waals surface area contributed by atoms with Crippen molar-refractivity contribution in [1.29, 1.82) is 0 Å². The van der Waals surface area contributed by atoms with E-state index in [1.54, 1.807) is 0 Å². The Morgan fingerprint density at radius 1 is 0.950 bits per heavy atom. The molecule has 2 aromatic carbocycles. The molecular formula is C24H24N4O9S3. The number of esters is 1. The third-order valence-corrected chi connectivity index (χ3v) is 11.0. The van der Waals surface area contributed by atoms with Gasteiger partial charge in [0.1, 0.15) is 4.21 Å². The summed E-state index contributed by atoms with van der Waals surface area (Å²) in [5.74, 6) is -1.63. The van der Waals surface area contributed by atoms with Crippen LogP contribution in [0.2, 0.25) is 0 Å². The van der Waals surface area contributed by atoms with E-state index in [1.165, 1.54) is 28.6 Å². The molecule has 13 nitrogen and oxygen atoms in total. The van der Waals surface area contributed by atoms with Crippen LogP contribution in [0.4, 0.5) is 10.8 Å². The van der Waals surface area contributed by atoms with E-state index in [1.807, 2.05) is 0 Å². The lowest BCUT2D eigenvalue weighted by Gasteiger charge is -2.19. The number of aromatic nitrogens is 1. The molecule has 1 N–H and O–H groups in total. The van der Waals surface area contributed by atoms with Crippen molar-refractivity contribution in [2.45, 2.75) is 39.7 Å². The van der Waals surface area contributed by atoms with E-state index >= 15 is 0 Å². The number of hydrogen-bond acceptors (Lipinski definition) is 11. The summed E-state index contributed by atoms with van der Waals surface area (Å²) in [5.41, 5.74) is -0.215. The largest absolute Gasteiger partial charge is 0.452 e. The van der Waals surface area contributed by atoms with Crippen molar-refractivity contribution in [2.24, 2.45) is 0 Å². The van der Waals surface area contributed by atoms with Gasteiger partial charge < -0.3 is 4.74 Å². The second-order valence-corrected chi connectivity index (χ2v) is 13.9. The van der Waals surface area contributed by atoms with Crippen LogP contribution in [0.3, 0.4) is 0 Å². The number of sulfone groups is 1. The third kappa shape index (κ3) is 6.70. The van der Waals surface area contributed by atoms with Crippen LogP contribution in [-0.2, 0) is 29.4 Å². The number of carbonyl (C=O) groups is 2. The highest BCUT2D eigenvalue weighted by atomic mass is 32.2. The van der Waals surface area contributed by atoms with E-state index in [4.69, 9.17) is 4.74 Å². The van der Waals surface area contributed by atoms with Gasteiger partial charge >= 0.3 is 5.97 Å². The molecule has 0 spiro atoms. The number of nitrogens with one attached hydrogen (secondary N) is 1. The molecule has 1 aromatic heterocycles. The summed E-state index contributed by atoms with van der Waals surface area (Å²) in [5, 5.41) is 13.1. The zero-order chi connectivity index (χ0) is 28.9. The van der Waals surface area contributed by atoms with Gasteiger partial charge in [0.05, 0.1) is 26.5 Å². The molecular weight excluding hydrogens is 584 g/mol. The average molecular weight is 609 g/mol. The van der Waals surface area contributed by atoms with Gasteiger partial charge in [0, 0.05) is 25.2 Å². The van der Waals surface area contributed by atoms with Crippen LogP contribution < -0.4 is 5.32 Å². The van der Waals surface area contributed by atoms with Gasteiger partial charge in [-0.1, -0.05) is 24.2 Å². The molecule has 0 unspecified atom stereocenters. The van der Waals surface area contributed by atoms with Crippen LogP contribution in [0.15, 0.2) is 68.7 Å². The van der Waals surface area contributed by atoms with Crippen LogP contribution in [0.25, 0.3) is 0 Å². The van der Waals surface area contributed by atoms with Crippen LogP contribution >= 0.6 is 11.3 Å². The second-order valence-electron chi connectivity index (χ2n) is 8.71. The second kappa shape index (κ2) is 12.2. The zero-order valence-electron chi connectivity index (χ0n) is 20.9. The lowest BCUT2D eigenvalue weighted by molar-refractivity contribution is -0.384. The Hall–Kier alpha value is -3.73. The molecule has 4 rings (SSSR count). The van der Waals surface area contributed by atoms with Gasteiger partial charge in [0.2, 0.25) is 19.9 Å². The number of nitro groups is 1. The number of thiazole rings is 1. The zero-order valence-corrected chi connectivity index (χ0v) is 23.3. The van der Waals surface area contributed by atoms with Gasteiger partial charge in [-0.2, -0.15) is 4.31 Å². The molecule has 1 aliphatic rings. The summed E-state index contributed by atoms with van der Waals surface area (Å²) in [6, 6.07) is 9.57. The summed E-state index contributed by atoms with van der Waals surface area (Å²) < 4.78 is 57.5. The van der Waals surface area contributed by atoms with Crippen LogP contribution in [-0.4, -0.2) is 62.6 Å². The summed E-state index contributed by atoms with van der Waals surface area (Å²) in [6.45, 7) is 0.201. The SMILES string of the molecule is O=C(COC(=O)c1ccc(S(=O)(=O)N2CCCCCC2)cc1)Nc1ncc(S(=O)(=O)c2ccc([N+](=O)[O-])cc2)s1. The highest BCUT2D eigenvalue weighted by Gasteiger charge is 2.26. The molecule has 2 heterocycles. The number of anilines is 1. The minimum Gasteiger partial charge on any atom is -0.452 e. The van der Waals surface area contributed by atoms with Crippen molar-refractivity contribution in [2.75, 3.05) is 25.0 Å². The number of benzene rings is 2. The molecule has 0 atom stereocenters. The van der Waals surface area contributed by atoms with Gasteiger partial charge in [-0.25, -0.2) is 26.6 Å². The lowest BCUT2D eigenvalue weighted by atomic mass is 10.2. The molecule has 0 bridgehead atoms. The van der Waals surface area contributed by atoms with E-state index < -0.39 is 43.3 Å². The number of hydrogen-bond donors (Lipinski definition) is 1. The molecule has 16 heteroatoms. The third-order valence-electron chi connectivity index (χ3n) is 5.98. The van der Waals surface area contributed by atoms with E-state index in [-0.39, 0.29) is 30.4 Å². The lowest BCUT2D eigenvalue weighted by Crippen LogP contribution is -2.31. The molecule has 1 amide bonds. The predicted octanol–water partition coefficient (Wildman–Crippen LogP) is 3.24. The Morgan fingerprint density at radius 3 is 2.15 bits per heavy atom. The fraction of sp³-hybridized carbons (Fsp3) is 0.292. The maximum atomic E-state index is 12.9. The number of nitro benzene ring substituents is 1. The number of amides is 1. The summed E-state index contributed by atoms with van der Waals surface area (Å²) in [7, 11) is -7.71. The van der Waals surface area contributed by atoms with Gasteiger partial charge in [-0.3, -0.25) is 20.2 Å². The molecule has 40 heavy (non-hydrogen) atoms. The molecule has 1 fully saturated rings. The fourth-order valence-corrected chi connectivity index (χ4v) is 7.83. The Kier molecular flexibility index (Phi) is 8.92. The van der Waals surface area contributed by atoms with Gasteiger partial charge in [0.25, 0.3) is 11.6 Å². The van der Waals surface area contributed by atoms with Crippen LogP contribution in [0.5, 0.6) is 0 Å². The van der Waals surface area contributed by atoms with Crippen LogP contribution in [0, 0.1) is 10.1 Å². The first-order valence-corrected chi connectivity index (χ1v) is 15.7. The molecule has 1 aliphatic heterocycles. The van der Waals surface area contributed by atoms with Gasteiger partial charge in [0.15, 0.2) is 11.7 Å². The number of non-ortho nitro benzene ring substituents is 1. The molecule has 3 aromatic rings. The molecule has 0 radical (unpaired) electrons. The van der Waals surface area contributed by atoms with Crippen molar-refractivity contribution in [1.82, 2.24) is 9.29 Å². The summed E-state index contributed by atoms with van der Waals surface area (Å²) >= 11 is 0.655. The van der Waals surface area contributed by atoms with Crippen molar-refractivity contribution >= 4 is 53.9 Å². The van der Waals surface area contributed by atoms with E-state index in [0.717, 1.165) is 56.1 Å².